The number of carbonyl (C=O) groups is 3. The van der Waals surface area contributed by atoms with E-state index in [-0.39, 0.29) is 19.1 Å². The van der Waals surface area contributed by atoms with Crippen LogP contribution in [0.4, 0.5) is 16.4 Å². The van der Waals surface area contributed by atoms with E-state index in [4.69, 9.17) is 4.74 Å². The summed E-state index contributed by atoms with van der Waals surface area (Å²) >= 11 is 0. The number of Topliss-reactive ketones (excluding diaryl/α,β-unsaturated/α-hetero) is 1. The smallest absolute Gasteiger partial charge is 0.408 e. The van der Waals surface area contributed by atoms with E-state index < -0.39 is 30.3 Å². The lowest BCUT2D eigenvalue weighted by molar-refractivity contribution is -0.139. The lowest BCUT2D eigenvalue weighted by Crippen LogP contribution is -2.44. The third-order valence-corrected chi connectivity index (χ3v) is 4.53. The summed E-state index contributed by atoms with van der Waals surface area (Å²) in [4.78, 5) is 37.9. The SMILES string of the molecule is CN(c1ccccc1)c1nnnn1CC(=O)C(CC(=O)O)NC(=O)OCc1ccccc1. The van der Waals surface area contributed by atoms with Crippen molar-refractivity contribution in [1.29, 1.82) is 0 Å². The molecule has 1 unspecified atom stereocenters. The fourth-order valence-corrected chi connectivity index (χ4v) is 2.89. The van der Waals surface area contributed by atoms with Crippen molar-refractivity contribution >= 4 is 29.5 Å². The number of ether oxygens (including phenoxy) is 1. The van der Waals surface area contributed by atoms with Crippen LogP contribution in [0, 0.1) is 0 Å². The van der Waals surface area contributed by atoms with Gasteiger partial charge in [-0.1, -0.05) is 53.6 Å². The first kappa shape index (κ1) is 22.4. The standard InChI is InChI=1S/C21H22N6O5/c1-26(16-10-6-3-7-11-16)20-23-24-25-27(20)13-18(28)17(12-19(29)30)22-21(31)32-14-15-8-4-2-5-9-15/h2-11,17H,12-14H2,1H3,(H,22,31)(H,29,30). The van der Waals surface area contributed by atoms with Crippen molar-refractivity contribution in [2.75, 3.05) is 11.9 Å². The maximum Gasteiger partial charge on any atom is 0.408 e. The zero-order valence-corrected chi connectivity index (χ0v) is 17.3. The first-order chi connectivity index (χ1) is 15.4. The number of carbonyl (C=O) groups excluding carboxylic acids is 2. The average Bonchev–Trinajstić information content (AvgIpc) is 3.25. The lowest BCUT2D eigenvalue weighted by atomic mass is 10.1. The molecule has 1 amide bonds. The molecule has 0 saturated carbocycles. The number of anilines is 2. The van der Waals surface area contributed by atoms with Crippen molar-refractivity contribution in [3.05, 3.63) is 66.2 Å². The number of carboxylic acids is 1. The monoisotopic (exact) mass is 438 g/mol. The molecule has 11 nitrogen and oxygen atoms in total. The predicted molar refractivity (Wildman–Crippen MR) is 113 cm³/mol. The maximum atomic E-state index is 12.8. The number of nitrogens with zero attached hydrogens (tertiary/aromatic N) is 5. The van der Waals surface area contributed by atoms with E-state index in [1.54, 1.807) is 36.2 Å². The Morgan fingerprint density at radius 2 is 1.75 bits per heavy atom. The fourth-order valence-electron chi connectivity index (χ4n) is 2.89. The highest BCUT2D eigenvalue weighted by Crippen LogP contribution is 2.20. The lowest BCUT2D eigenvalue weighted by Gasteiger charge is -2.19. The quantitative estimate of drug-likeness (QED) is 0.485. The highest BCUT2D eigenvalue weighted by Gasteiger charge is 2.26. The summed E-state index contributed by atoms with van der Waals surface area (Å²) in [6, 6.07) is 16.9. The van der Waals surface area contributed by atoms with Crippen LogP contribution < -0.4 is 10.2 Å². The Labute approximate surface area is 183 Å². The molecule has 166 valence electrons. The third kappa shape index (κ3) is 6.11. The highest BCUT2D eigenvalue weighted by molar-refractivity contribution is 5.90. The Hall–Kier alpha value is -4.28. The molecule has 1 heterocycles. The molecule has 1 atom stereocenters. The number of amides is 1. The molecular formula is C21H22N6O5. The first-order valence-corrected chi connectivity index (χ1v) is 9.70. The van der Waals surface area contributed by atoms with E-state index >= 15 is 0 Å². The van der Waals surface area contributed by atoms with Gasteiger partial charge >= 0.3 is 12.1 Å². The number of hydrogen-bond donors (Lipinski definition) is 2. The van der Waals surface area contributed by atoms with E-state index in [9.17, 15) is 19.5 Å². The molecule has 3 rings (SSSR count). The summed E-state index contributed by atoms with van der Waals surface area (Å²) in [6.07, 6.45) is -1.50. The molecule has 0 radical (unpaired) electrons. The van der Waals surface area contributed by atoms with Gasteiger partial charge in [-0.05, 0) is 28.1 Å². The molecule has 11 heteroatoms. The molecule has 0 aliphatic heterocycles. The molecule has 0 fully saturated rings. The molecule has 3 aromatic rings. The fraction of sp³-hybridized carbons (Fsp3) is 0.238. The van der Waals surface area contributed by atoms with Gasteiger partial charge in [0.25, 0.3) is 0 Å². The van der Waals surface area contributed by atoms with Crippen LogP contribution in [0.2, 0.25) is 0 Å². The Kier molecular flexibility index (Phi) is 7.46. The summed E-state index contributed by atoms with van der Waals surface area (Å²) in [5, 5.41) is 22.9. The second kappa shape index (κ2) is 10.7. The third-order valence-electron chi connectivity index (χ3n) is 4.53. The van der Waals surface area contributed by atoms with E-state index in [0.717, 1.165) is 11.3 Å². The average molecular weight is 438 g/mol. The summed E-state index contributed by atoms with van der Waals surface area (Å²) in [6.45, 7) is -0.351. The minimum absolute atomic E-state index is 0.0142. The topological polar surface area (TPSA) is 140 Å². The number of para-hydroxylation sites is 1. The number of ketones is 1. The second-order valence-corrected chi connectivity index (χ2v) is 6.85. The minimum Gasteiger partial charge on any atom is -0.481 e. The predicted octanol–water partition coefficient (Wildman–Crippen LogP) is 1.78. The van der Waals surface area contributed by atoms with Gasteiger partial charge in [0.2, 0.25) is 5.95 Å². The number of benzene rings is 2. The summed E-state index contributed by atoms with van der Waals surface area (Å²) in [5.41, 5.74) is 1.55. The van der Waals surface area contributed by atoms with Crippen LogP contribution in [-0.4, -0.2) is 56.2 Å². The minimum atomic E-state index is -1.31. The van der Waals surface area contributed by atoms with Gasteiger partial charge in [0.15, 0.2) is 5.78 Å². The number of hydrogen-bond acceptors (Lipinski definition) is 8. The molecule has 1 aromatic heterocycles. The largest absolute Gasteiger partial charge is 0.481 e. The maximum absolute atomic E-state index is 12.8. The van der Waals surface area contributed by atoms with Crippen LogP contribution in [0.25, 0.3) is 0 Å². The number of aromatic nitrogens is 4. The summed E-state index contributed by atoms with van der Waals surface area (Å²) < 4.78 is 6.33. The van der Waals surface area contributed by atoms with Crippen molar-refractivity contribution in [3.8, 4) is 0 Å². The summed E-state index contributed by atoms with van der Waals surface area (Å²) in [7, 11) is 1.73. The van der Waals surface area contributed by atoms with Gasteiger partial charge in [-0.25, -0.2) is 9.48 Å². The molecule has 0 aliphatic carbocycles. The van der Waals surface area contributed by atoms with Gasteiger partial charge in [0, 0.05) is 12.7 Å². The zero-order chi connectivity index (χ0) is 22.9. The van der Waals surface area contributed by atoms with Crippen LogP contribution in [0.3, 0.4) is 0 Å². The van der Waals surface area contributed by atoms with Crippen LogP contribution in [0.15, 0.2) is 60.7 Å². The van der Waals surface area contributed by atoms with Crippen molar-refractivity contribution in [2.24, 2.45) is 0 Å². The normalized spacial score (nSPS) is 11.4. The van der Waals surface area contributed by atoms with E-state index in [1.807, 2.05) is 36.4 Å². The summed E-state index contributed by atoms with van der Waals surface area (Å²) in [5.74, 6) is -1.55. The van der Waals surface area contributed by atoms with Crippen LogP contribution >= 0.6 is 0 Å². The second-order valence-electron chi connectivity index (χ2n) is 6.85. The molecule has 2 N–H and O–H groups in total. The number of nitrogens with one attached hydrogen (secondary N) is 1. The zero-order valence-electron chi connectivity index (χ0n) is 17.3. The van der Waals surface area contributed by atoms with Gasteiger partial charge in [-0.15, -0.1) is 0 Å². The Morgan fingerprint density at radius 1 is 1.09 bits per heavy atom. The molecular weight excluding hydrogens is 416 g/mol. The number of carboxylic acid groups (broad SMARTS) is 1. The van der Waals surface area contributed by atoms with Gasteiger partial charge in [-0.3, -0.25) is 9.59 Å². The van der Waals surface area contributed by atoms with E-state index in [1.165, 1.54) is 4.68 Å². The molecule has 0 spiro atoms. The van der Waals surface area contributed by atoms with Gasteiger partial charge in [-0.2, -0.15) is 0 Å². The number of rotatable bonds is 10. The van der Waals surface area contributed by atoms with Crippen LogP contribution in [0.5, 0.6) is 0 Å². The Morgan fingerprint density at radius 3 is 2.41 bits per heavy atom. The molecule has 0 aliphatic rings. The molecule has 2 aromatic carbocycles. The van der Waals surface area contributed by atoms with E-state index in [2.05, 4.69) is 20.8 Å². The first-order valence-electron chi connectivity index (χ1n) is 9.70. The number of tetrazole rings is 1. The number of aliphatic carboxylic acids is 1. The van der Waals surface area contributed by atoms with Crippen LogP contribution in [-0.2, 0) is 27.5 Å². The van der Waals surface area contributed by atoms with Gasteiger partial charge in [0.1, 0.15) is 19.2 Å². The van der Waals surface area contributed by atoms with Crippen molar-refractivity contribution in [3.63, 3.8) is 0 Å². The molecule has 32 heavy (non-hydrogen) atoms. The Balaban J connectivity index is 1.66. The molecule has 0 bridgehead atoms. The molecule has 0 saturated heterocycles. The van der Waals surface area contributed by atoms with E-state index in [0.29, 0.717) is 0 Å². The van der Waals surface area contributed by atoms with Crippen LogP contribution in [0.1, 0.15) is 12.0 Å². The highest BCUT2D eigenvalue weighted by atomic mass is 16.5. The van der Waals surface area contributed by atoms with Gasteiger partial charge < -0.3 is 20.1 Å². The number of alkyl carbamates (subject to hydrolysis) is 1. The Bertz CT molecular complexity index is 1060. The van der Waals surface area contributed by atoms with Gasteiger partial charge in [0.05, 0.1) is 6.42 Å². The van der Waals surface area contributed by atoms with Crippen molar-refractivity contribution in [1.82, 2.24) is 25.5 Å². The van der Waals surface area contributed by atoms with Crippen molar-refractivity contribution in [2.45, 2.75) is 25.6 Å². The van der Waals surface area contributed by atoms with Crippen molar-refractivity contribution < 1.29 is 24.2 Å².